The zero-order valence-corrected chi connectivity index (χ0v) is 10.4. The van der Waals surface area contributed by atoms with Gasteiger partial charge in [0.2, 0.25) is 0 Å². The van der Waals surface area contributed by atoms with Gasteiger partial charge in [0.1, 0.15) is 0 Å². The van der Waals surface area contributed by atoms with Crippen molar-refractivity contribution in [3.8, 4) is 0 Å². The highest BCUT2D eigenvalue weighted by molar-refractivity contribution is 9.10. The van der Waals surface area contributed by atoms with E-state index in [9.17, 15) is 0 Å². The first-order valence-electron chi connectivity index (χ1n) is 5.11. The van der Waals surface area contributed by atoms with Crippen LogP contribution in [-0.4, -0.2) is 6.61 Å². The molecular weight excluding hydrogens is 240 g/mol. The van der Waals surface area contributed by atoms with Crippen LogP contribution in [0.3, 0.4) is 0 Å². The second-order valence-electron chi connectivity index (χ2n) is 3.42. The lowest BCUT2D eigenvalue weighted by molar-refractivity contribution is 0.0637. The lowest BCUT2D eigenvalue weighted by Crippen LogP contribution is -2.01. The van der Waals surface area contributed by atoms with E-state index in [2.05, 4.69) is 54.0 Å². The Morgan fingerprint density at radius 3 is 2.50 bits per heavy atom. The fourth-order valence-electron chi connectivity index (χ4n) is 1.23. The SMILES string of the molecule is CCCCOC(C)c1ccc(Br)cc1. The Labute approximate surface area is 94.6 Å². The Morgan fingerprint density at radius 1 is 1.29 bits per heavy atom. The molecule has 0 N–H and O–H groups in total. The summed E-state index contributed by atoms with van der Waals surface area (Å²) < 4.78 is 6.81. The van der Waals surface area contributed by atoms with E-state index in [1.165, 1.54) is 12.0 Å². The monoisotopic (exact) mass is 256 g/mol. The molecule has 0 radical (unpaired) electrons. The molecule has 0 saturated heterocycles. The molecule has 1 aromatic rings. The van der Waals surface area contributed by atoms with Gasteiger partial charge in [0.15, 0.2) is 0 Å². The molecule has 0 aliphatic rings. The van der Waals surface area contributed by atoms with E-state index in [1.54, 1.807) is 0 Å². The first-order chi connectivity index (χ1) is 6.74. The summed E-state index contributed by atoms with van der Waals surface area (Å²) in [6, 6.07) is 8.30. The Hall–Kier alpha value is -0.340. The van der Waals surface area contributed by atoms with Crippen LogP contribution in [0.5, 0.6) is 0 Å². The van der Waals surface area contributed by atoms with Gasteiger partial charge in [0.05, 0.1) is 6.10 Å². The van der Waals surface area contributed by atoms with Gasteiger partial charge in [-0.25, -0.2) is 0 Å². The van der Waals surface area contributed by atoms with Crippen molar-refractivity contribution in [2.24, 2.45) is 0 Å². The van der Waals surface area contributed by atoms with Crippen LogP contribution < -0.4 is 0 Å². The summed E-state index contributed by atoms with van der Waals surface area (Å²) in [6.45, 7) is 5.13. The van der Waals surface area contributed by atoms with Gasteiger partial charge in [-0.1, -0.05) is 41.4 Å². The molecule has 1 aromatic carbocycles. The van der Waals surface area contributed by atoms with Crippen LogP contribution >= 0.6 is 15.9 Å². The van der Waals surface area contributed by atoms with Crippen LogP contribution in [0.4, 0.5) is 0 Å². The number of hydrogen-bond donors (Lipinski definition) is 0. The lowest BCUT2D eigenvalue weighted by Gasteiger charge is -2.12. The molecule has 0 amide bonds. The number of halogens is 1. The van der Waals surface area contributed by atoms with Gasteiger partial charge in [-0.05, 0) is 31.0 Å². The van der Waals surface area contributed by atoms with Crippen molar-refractivity contribution in [1.29, 1.82) is 0 Å². The summed E-state index contributed by atoms with van der Waals surface area (Å²) in [5.41, 5.74) is 1.24. The van der Waals surface area contributed by atoms with Crippen molar-refractivity contribution in [2.75, 3.05) is 6.61 Å². The summed E-state index contributed by atoms with van der Waals surface area (Å²) in [6.07, 6.45) is 2.53. The fraction of sp³-hybridized carbons (Fsp3) is 0.500. The molecule has 0 heterocycles. The molecule has 78 valence electrons. The quantitative estimate of drug-likeness (QED) is 0.713. The van der Waals surface area contributed by atoms with Crippen LogP contribution in [0.1, 0.15) is 38.4 Å². The average molecular weight is 257 g/mol. The first-order valence-corrected chi connectivity index (χ1v) is 5.90. The zero-order chi connectivity index (χ0) is 10.4. The number of hydrogen-bond acceptors (Lipinski definition) is 1. The Kier molecular flexibility index (Phi) is 5.20. The molecule has 0 fully saturated rings. The molecule has 0 saturated carbocycles. The van der Waals surface area contributed by atoms with Crippen LogP contribution in [0.2, 0.25) is 0 Å². The van der Waals surface area contributed by atoms with Gasteiger partial charge in [0.25, 0.3) is 0 Å². The maximum atomic E-state index is 5.69. The van der Waals surface area contributed by atoms with Crippen LogP contribution in [-0.2, 0) is 4.74 Å². The maximum Gasteiger partial charge on any atom is 0.0796 e. The summed E-state index contributed by atoms with van der Waals surface area (Å²) in [5.74, 6) is 0. The Bertz CT molecular complexity index is 256. The highest BCUT2D eigenvalue weighted by Gasteiger charge is 2.04. The standard InChI is InChI=1S/C12H17BrO/c1-3-4-9-14-10(2)11-5-7-12(13)8-6-11/h5-8,10H,3-4,9H2,1-2H3. The normalized spacial score (nSPS) is 12.8. The highest BCUT2D eigenvalue weighted by Crippen LogP contribution is 2.19. The Balaban J connectivity index is 2.43. The summed E-state index contributed by atoms with van der Waals surface area (Å²) in [4.78, 5) is 0. The van der Waals surface area contributed by atoms with Crippen molar-refractivity contribution in [2.45, 2.75) is 32.8 Å². The van der Waals surface area contributed by atoms with Crippen molar-refractivity contribution in [3.05, 3.63) is 34.3 Å². The fourth-order valence-corrected chi connectivity index (χ4v) is 1.50. The highest BCUT2D eigenvalue weighted by atomic mass is 79.9. The third-order valence-electron chi connectivity index (χ3n) is 2.21. The molecule has 0 aromatic heterocycles. The van der Waals surface area contributed by atoms with Crippen molar-refractivity contribution in [1.82, 2.24) is 0 Å². The molecule has 1 unspecified atom stereocenters. The van der Waals surface area contributed by atoms with E-state index in [1.807, 2.05) is 0 Å². The lowest BCUT2D eigenvalue weighted by atomic mass is 10.1. The third kappa shape index (κ3) is 3.81. The molecule has 1 nitrogen and oxygen atoms in total. The Morgan fingerprint density at radius 2 is 1.93 bits per heavy atom. The second-order valence-corrected chi connectivity index (χ2v) is 4.33. The van der Waals surface area contributed by atoms with E-state index in [0.29, 0.717) is 0 Å². The largest absolute Gasteiger partial charge is 0.374 e. The van der Waals surface area contributed by atoms with Crippen LogP contribution in [0.25, 0.3) is 0 Å². The average Bonchev–Trinajstić information content (AvgIpc) is 2.19. The smallest absolute Gasteiger partial charge is 0.0796 e. The van der Waals surface area contributed by atoms with Crippen LogP contribution in [0, 0.1) is 0 Å². The zero-order valence-electron chi connectivity index (χ0n) is 8.79. The maximum absolute atomic E-state index is 5.69. The molecule has 0 bridgehead atoms. The van der Waals surface area contributed by atoms with Gasteiger partial charge in [-0.15, -0.1) is 0 Å². The second kappa shape index (κ2) is 6.20. The number of ether oxygens (including phenoxy) is 1. The topological polar surface area (TPSA) is 9.23 Å². The molecule has 1 atom stereocenters. The summed E-state index contributed by atoms with van der Waals surface area (Å²) in [5, 5.41) is 0. The minimum absolute atomic E-state index is 0.203. The van der Waals surface area contributed by atoms with Gasteiger partial charge in [-0.3, -0.25) is 0 Å². The molecule has 0 spiro atoms. The minimum Gasteiger partial charge on any atom is -0.374 e. The van der Waals surface area contributed by atoms with E-state index in [4.69, 9.17) is 4.74 Å². The molecule has 0 aliphatic carbocycles. The molecular formula is C12H17BrO. The van der Waals surface area contributed by atoms with Crippen molar-refractivity contribution >= 4 is 15.9 Å². The predicted molar refractivity (Wildman–Crippen MR) is 63.4 cm³/mol. The van der Waals surface area contributed by atoms with Gasteiger partial charge in [-0.2, -0.15) is 0 Å². The van der Waals surface area contributed by atoms with Crippen LogP contribution in [0.15, 0.2) is 28.7 Å². The molecule has 1 rings (SSSR count). The van der Waals surface area contributed by atoms with Crippen molar-refractivity contribution < 1.29 is 4.74 Å². The summed E-state index contributed by atoms with van der Waals surface area (Å²) >= 11 is 3.42. The predicted octanol–water partition coefficient (Wildman–Crippen LogP) is 4.33. The molecule has 0 aliphatic heterocycles. The van der Waals surface area contributed by atoms with E-state index >= 15 is 0 Å². The van der Waals surface area contributed by atoms with Gasteiger partial charge >= 0.3 is 0 Å². The number of benzene rings is 1. The van der Waals surface area contributed by atoms with E-state index in [0.717, 1.165) is 17.5 Å². The van der Waals surface area contributed by atoms with E-state index < -0.39 is 0 Å². The summed E-state index contributed by atoms with van der Waals surface area (Å²) in [7, 11) is 0. The molecule has 14 heavy (non-hydrogen) atoms. The number of unbranched alkanes of at least 4 members (excludes halogenated alkanes) is 1. The number of rotatable bonds is 5. The van der Waals surface area contributed by atoms with E-state index in [-0.39, 0.29) is 6.10 Å². The first kappa shape index (κ1) is 11.7. The van der Waals surface area contributed by atoms with Crippen molar-refractivity contribution in [3.63, 3.8) is 0 Å². The van der Waals surface area contributed by atoms with Gasteiger partial charge in [0, 0.05) is 11.1 Å². The minimum atomic E-state index is 0.203. The molecule has 2 heteroatoms. The third-order valence-corrected chi connectivity index (χ3v) is 2.73. The van der Waals surface area contributed by atoms with Gasteiger partial charge < -0.3 is 4.74 Å².